The molecular formula is C57H38B-. The van der Waals surface area contributed by atoms with Crippen molar-refractivity contribution in [2.45, 2.75) is 5.41 Å². The molecule has 0 fully saturated rings. The van der Waals surface area contributed by atoms with Crippen molar-refractivity contribution in [3.63, 3.8) is 0 Å². The van der Waals surface area contributed by atoms with Crippen molar-refractivity contribution < 1.29 is 0 Å². The van der Waals surface area contributed by atoms with Gasteiger partial charge in [0.05, 0.1) is 5.41 Å². The molecule has 0 nitrogen and oxygen atoms in total. The normalized spacial score (nSPS) is 10.9. The topological polar surface area (TPSA) is 0 Å². The maximum atomic E-state index is 5.79. The van der Waals surface area contributed by atoms with Crippen molar-refractivity contribution in [1.82, 2.24) is 0 Å². The third kappa shape index (κ3) is 6.81. The largest absolute Gasteiger partial charge is 0.195 e. The molecule has 0 heterocycles. The average Bonchev–Trinajstić information content (AvgIpc) is 3.31. The van der Waals surface area contributed by atoms with Crippen LogP contribution in [0.3, 0.4) is 0 Å². The predicted molar refractivity (Wildman–Crippen MR) is 245 cm³/mol. The van der Waals surface area contributed by atoms with Crippen LogP contribution in [0.15, 0.2) is 212 Å². The van der Waals surface area contributed by atoms with E-state index in [1.807, 2.05) is 36.4 Å². The van der Waals surface area contributed by atoms with E-state index in [4.69, 9.17) is 19.3 Å². The average molecular weight is 734 g/mol. The monoisotopic (exact) mass is 733 g/mol. The van der Waals surface area contributed by atoms with Crippen LogP contribution < -0.4 is 21.9 Å². The molecule has 270 valence electrons. The lowest BCUT2D eigenvalue weighted by Crippen LogP contribution is -2.74. The highest BCUT2D eigenvalue weighted by atomic mass is 14.4. The molecule has 0 bridgehead atoms. The Labute approximate surface area is 343 Å². The quantitative estimate of drug-likeness (QED) is 0.0833. The van der Waals surface area contributed by atoms with E-state index in [1.165, 1.54) is 21.9 Å². The number of terminal acetylenes is 3. The van der Waals surface area contributed by atoms with Gasteiger partial charge in [-0.15, -0.1) is 19.3 Å². The number of hydrogen-bond donors (Lipinski definition) is 0. The zero-order chi connectivity index (χ0) is 39.8. The molecule has 8 aromatic carbocycles. The third-order valence-electron chi connectivity index (χ3n) is 11.4. The second-order valence-corrected chi connectivity index (χ2v) is 14.5. The lowest BCUT2D eigenvalue weighted by molar-refractivity contribution is 0.744. The summed E-state index contributed by atoms with van der Waals surface area (Å²) in [5, 5.41) is 0. The second kappa shape index (κ2) is 16.4. The molecule has 0 aliphatic carbocycles. The van der Waals surface area contributed by atoms with E-state index in [0.717, 1.165) is 50.1 Å². The van der Waals surface area contributed by atoms with Crippen LogP contribution in [0.5, 0.6) is 0 Å². The highest BCUT2D eigenvalue weighted by Crippen LogP contribution is 2.45. The molecule has 0 amide bonds. The third-order valence-corrected chi connectivity index (χ3v) is 11.4. The van der Waals surface area contributed by atoms with Gasteiger partial charge in [-0.1, -0.05) is 181 Å². The van der Waals surface area contributed by atoms with Gasteiger partial charge >= 0.3 is 0 Å². The fourth-order valence-corrected chi connectivity index (χ4v) is 8.63. The molecule has 8 rings (SSSR count). The first-order valence-corrected chi connectivity index (χ1v) is 19.4. The molecule has 58 heavy (non-hydrogen) atoms. The van der Waals surface area contributed by atoms with Crippen molar-refractivity contribution in [3.8, 4) is 48.9 Å². The van der Waals surface area contributed by atoms with Crippen LogP contribution in [-0.2, 0) is 5.41 Å². The number of benzene rings is 8. The molecular weight excluding hydrogens is 695 g/mol. The predicted octanol–water partition coefficient (Wildman–Crippen LogP) is 8.79. The van der Waals surface area contributed by atoms with Crippen molar-refractivity contribution in [2.75, 3.05) is 0 Å². The van der Waals surface area contributed by atoms with E-state index in [1.54, 1.807) is 0 Å². The Morgan fingerprint density at radius 1 is 0.276 bits per heavy atom. The SMILES string of the molecule is C#Cc1ccc(C(c2ccc(C#C)cc2)(c2ccc(C#C)cc2)c2ccc(C#Cc3ccc([B-](c4ccccc4)(c4ccccc4)c4ccccc4)cc3)cc2)cc1. The molecule has 0 aromatic heterocycles. The van der Waals surface area contributed by atoms with E-state index in [2.05, 4.69) is 206 Å². The van der Waals surface area contributed by atoms with Gasteiger partial charge in [0.2, 0.25) is 0 Å². The molecule has 0 spiro atoms. The van der Waals surface area contributed by atoms with Crippen LogP contribution in [0.4, 0.5) is 0 Å². The summed E-state index contributed by atoms with van der Waals surface area (Å²) >= 11 is 0. The van der Waals surface area contributed by atoms with Crippen LogP contribution in [0, 0.1) is 48.9 Å². The standard InChI is InChI=1S/C57H38B/c1-4-44-24-34-49(35-25-44)57(50-36-26-45(5-2)27-37-50,51-38-28-46(6-3)29-39-51)52-40-30-47(31-41-52)22-23-48-32-42-56(43-33-48)58(53-16-10-7-11-17-53,54-18-12-8-13-19-54)55-20-14-9-15-21-55/h1-3,7-21,24-43H/q-1. The van der Waals surface area contributed by atoms with Gasteiger partial charge in [-0.05, 0) is 82.9 Å². The van der Waals surface area contributed by atoms with Crippen LogP contribution in [0.25, 0.3) is 0 Å². The molecule has 0 aliphatic rings. The van der Waals surface area contributed by atoms with Crippen LogP contribution in [-0.4, -0.2) is 6.15 Å². The molecule has 1 heteroatoms. The Balaban J connectivity index is 1.20. The summed E-state index contributed by atoms with van der Waals surface area (Å²) in [6, 6.07) is 74.4. The first-order valence-electron chi connectivity index (χ1n) is 19.4. The molecule has 0 N–H and O–H groups in total. The molecule has 0 radical (unpaired) electrons. The van der Waals surface area contributed by atoms with Crippen molar-refractivity contribution in [3.05, 3.63) is 262 Å². The van der Waals surface area contributed by atoms with Crippen LogP contribution in [0.2, 0.25) is 0 Å². The Morgan fingerprint density at radius 3 is 0.793 bits per heavy atom. The Morgan fingerprint density at radius 2 is 0.517 bits per heavy atom. The minimum atomic E-state index is -1.46. The fraction of sp³-hybridized carbons (Fsp3) is 0.0175. The first kappa shape index (κ1) is 37.0. The zero-order valence-corrected chi connectivity index (χ0v) is 32.0. The first-order chi connectivity index (χ1) is 28.6. The lowest BCUT2D eigenvalue weighted by atomic mass is 9.13. The second-order valence-electron chi connectivity index (χ2n) is 14.5. The number of rotatable bonds is 8. The van der Waals surface area contributed by atoms with Gasteiger partial charge in [0.15, 0.2) is 0 Å². The minimum absolute atomic E-state index is 0.709. The summed E-state index contributed by atoms with van der Waals surface area (Å²) < 4.78 is 0. The smallest absolute Gasteiger partial charge is 0.108 e. The van der Waals surface area contributed by atoms with Gasteiger partial charge in [-0.25, -0.2) is 0 Å². The fourth-order valence-electron chi connectivity index (χ4n) is 8.63. The van der Waals surface area contributed by atoms with E-state index < -0.39 is 11.6 Å². The Kier molecular flexibility index (Phi) is 10.5. The van der Waals surface area contributed by atoms with Gasteiger partial charge in [0.1, 0.15) is 6.15 Å². The van der Waals surface area contributed by atoms with Crippen molar-refractivity contribution in [2.24, 2.45) is 0 Å². The Bertz CT molecular complexity index is 2600. The minimum Gasteiger partial charge on any atom is -0.195 e. The van der Waals surface area contributed by atoms with Gasteiger partial charge in [-0.2, -0.15) is 21.9 Å². The summed E-state index contributed by atoms with van der Waals surface area (Å²) in [6.45, 7) is 0. The lowest BCUT2D eigenvalue weighted by Gasteiger charge is -2.44. The maximum absolute atomic E-state index is 5.79. The van der Waals surface area contributed by atoms with Crippen molar-refractivity contribution >= 4 is 28.0 Å². The van der Waals surface area contributed by atoms with E-state index >= 15 is 0 Å². The van der Waals surface area contributed by atoms with E-state index in [9.17, 15) is 0 Å². The molecule has 0 aliphatic heterocycles. The molecule has 0 unspecified atom stereocenters. The summed E-state index contributed by atoms with van der Waals surface area (Å²) in [5.41, 5.74) is 12.9. The van der Waals surface area contributed by atoms with E-state index in [0.29, 0.717) is 0 Å². The summed E-state index contributed by atoms with van der Waals surface area (Å²) in [6.07, 6.45) is 15.9. The van der Waals surface area contributed by atoms with Gasteiger partial charge in [-0.3, -0.25) is 0 Å². The summed E-state index contributed by atoms with van der Waals surface area (Å²) in [5.74, 6) is 15.2. The zero-order valence-electron chi connectivity index (χ0n) is 32.0. The van der Waals surface area contributed by atoms with Crippen LogP contribution >= 0.6 is 0 Å². The van der Waals surface area contributed by atoms with E-state index in [-0.39, 0.29) is 0 Å². The summed E-state index contributed by atoms with van der Waals surface area (Å²) in [7, 11) is 0. The Hall–Kier alpha value is -7.94. The molecule has 0 saturated carbocycles. The molecule has 0 atom stereocenters. The molecule has 8 aromatic rings. The van der Waals surface area contributed by atoms with Gasteiger partial charge in [0.25, 0.3) is 0 Å². The highest BCUT2D eigenvalue weighted by Gasteiger charge is 2.38. The molecule has 0 saturated heterocycles. The maximum Gasteiger partial charge on any atom is 0.108 e. The highest BCUT2D eigenvalue weighted by molar-refractivity contribution is 7.19. The summed E-state index contributed by atoms with van der Waals surface area (Å²) in [4.78, 5) is 0. The number of hydrogen-bond acceptors (Lipinski definition) is 0. The van der Waals surface area contributed by atoms with Crippen molar-refractivity contribution in [1.29, 1.82) is 0 Å². The van der Waals surface area contributed by atoms with Crippen LogP contribution in [0.1, 0.15) is 50.1 Å². The van der Waals surface area contributed by atoms with Gasteiger partial charge < -0.3 is 0 Å². The van der Waals surface area contributed by atoms with Gasteiger partial charge in [0, 0.05) is 27.8 Å².